The van der Waals surface area contributed by atoms with Crippen molar-refractivity contribution < 1.29 is 0 Å². The minimum absolute atomic E-state index is 0.203. The third kappa shape index (κ3) is 3.92. The molecule has 0 radical (unpaired) electrons. The molecule has 0 fully saturated rings. The van der Waals surface area contributed by atoms with E-state index in [1.165, 1.54) is 14.6 Å². The largest absolute Gasteiger partial charge is 0.329 e. The molecule has 1 unspecified atom stereocenters. The summed E-state index contributed by atoms with van der Waals surface area (Å²) in [5, 5.41) is 0. The monoisotopic (exact) mass is 323 g/mol. The minimum atomic E-state index is 0.203. The number of thiophene rings is 1. The molecule has 0 bridgehead atoms. The van der Waals surface area contributed by atoms with Gasteiger partial charge in [-0.2, -0.15) is 0 Å². The summed E-state index contributed by atoms with van der Waals surface area (Å²) < 4.78 is 0. The van der Waals surface area contributed by atoms with E-state index in [0.29, 0.717) is 6.54 Å². The quantitative estimate of drug-likeness (QED) is 0.906. The second kappa shape index (κ2) is 6.57. The number of rotatable bonds is 5. The van der Waals surface area contributed by atoms with Crippen LogP contribution in [0.25, 0.3) is 0 Å². The van der Waals surface area contributed by atoms with Gasteiger partial charge < -0.3 is 5.73 Å². The van der Waals surface area contributed by atoms with Gasteiger partial charge in [0.2, 0.25) is 0 Å². The van der Waals surface area contributed by atoms with E-state index in [1.54, 1.807) is 11.3 Å². The van der Waals surface area contributed by atoms with E-state index in [-0.39, 0.29) is 11.5 Å². The summed E-state index contributed by atoms with van der Waals surface area (Å²) in [5.41, 5.74) is 9.29. The summed E-state index contributed by atoms with van der Waals surface area (Å²) >= 11 is 3.60. The summed E-state index contributed by atoms with van der Waals surface area (Å²) in [4.78, 5) is 10.8. The van der Waals surface area contributed by atoms with Gasteiger partial charge in [-0.15, -0.1) is 22.7 Å². The highest BCUT2D eigenvalue weighted by Gasteiger charge is 2.22. The molecule has 2 rings (SSSR count). The molecule has 2 N–H and O–H groups in total. The van der Waals surface area contributed by atoms with Crippen molar-refractivity contribution in [3.05, 3.63) is 38.0 Å². The fourth-order valence-corrected chi connectivity index (χ4v) is 4.35. The Morgan fingerprint density at radius 2 is 2.05 bits per heavy atom. The van der Waals surface area contributed by atoms with Crippen molar-refractivity contribution in [1.82, 2.24) is 9.88 Å². The molecular formula is C16H25N3S2. The number of hydrogen-bond acceptors (Lipinski definition) is 5. The van der Waals surface area contributed by atoms with Crippen LogP contribution in [-0.4, -0.2) is 23.5 Å². The molecule has 0 spiro atoms. The van der Waals surface area contributed by atoms with Crippen LogP contribution < -0.4 is 5.73 Å². The van der Waals surface area contributed by atoms with E-state index in [0.717, 1.165) is 12.2 Å². The highest BCUT2D eigenvalue weighted by atomic mass is 32.1. The molecule has 2 aromatic heterocycles. The second-order valence-corrected chi connectivity index (χ2v) is 8.53. The van der Waals surface area contributed by atoms with E-state index in [2.05, 4.69) is 56.8 Å². The summed E-state index contributed by atoms with van der Waals surface area (Å²) in [6, 6.07) is 4.75. The van der Waals surface area contributed by atoms with Gasteiger partial charge in [0.25, 0.3) is 0 Å². The number of thiazole rings is 1. The molecule has 3 nitrogen and oxygen atoms in total. The molecule has 0 aliphatic carbocycles. The van der Waals surface area contributed by atoms with Crippen molar-refractivity contribution in [1.29, 1.82) is 0 Å². The Balaban J connectivity index is 2.15. The molecule has 0 aromatic carbocycles. The van der Waals surface area contributed by atoms with Gasteiger partial charge in [0.1, 0.15) is 0 Å². The number of hydrogen-bond donors (Lipinski definition) is 1. The van der Waals surface area contributed by atoms with Crippen molar-refractivity contribution in [2.45, 2.75) is 45.7 Å². The predicted octanol–water partition coefficient (Wildman–Crippen LogP) is 3.94. The van der Waals surface area contributed by atoms with E-state index in [1.807, 2.05) is 16.8 Å². The van der Waals surface area contributed by atoms with E-state index >= 15 is 0 Å². The van der Waals surface area contributed by atoms with Crippen LogP contribution >= 0.6 is 22.7 Å². The van der Waals surface area contributed by atoms with Crippen molar-refractivity contribution in [3.8, 4) is 0 Å². The van der Waals surface area contributed by atoms with Crippen LogP contribution in [0.3, 0.4) is 0 Å². The molecule has 1 atom stereocenters. The molecule has 21 heavy (non-hydrogen) atoms. The topological polar surface area (TPSA) is 42.2 Å². The molecule has 2 heterocycles. The average molecular weight is 324 g/mol. The maximum Gasteiger partial charge on any atom is 0.0798 e. The molecule has 2 aromatic rings. The summed E-state index contributed by atoms with van der Waals surface area (Å²) in [7, 11) is 2.15. The lowest BCUT2D eigenvalue weighted by atomic mass is 9.95. The minimum Gasteiger partial charge on any atom is -0.329 e. The lowest BCUT2D eigenvalue weighted by Crippen LogP contribution is -2.29. The Kier molecular flexibility index (Phi) is 5.20. The predicted molar refractivity (Wildman–Crippen MR) is 93.1 cm³/mol. The molecule has 5 heteroatoms. The van der Waals surface area contributed by atoms with Gasteiger partial charge in [0, 0.05) is 27.7 Å². The first-order valence-electron chi connectivity index (χ1n) is 7.22. The third-order valence-electron chi connectivity index (χ3n) is 3.69. The number of aromatic nitrogens is 1. The summed E-state index contributed by atoms with van der Waals surface area (Å²) in [5.74, 6) is 0. The highest BCUT2D eigenvalue weighted by molar-refractivity contribution is 7.12. The molecule has 0 aliphatic heterocycles. The van der Waals surface area contributed by atoms with Gasteiger partial charge in [-0.25, -0.2) is 4.98 Å². The SMILES string of the molecule is Cc1ncsc1CN(C)C(CN)c1ccc(C(C)(C)C)s1. The number of aryl methyl sites for hydroxylation is 1. The van der Waals surface area contributed by atoms with Crippen LogP contribution in [0.1, 0.15) is 47.1 Å². The normalized spacial score (nSPS) is 13.9. The zero-order valence-electron chi connectivity index (χ0n) is 13.5. The summed E-state index contributed by atoms with van der Waals surface area (Å²) in [6.45, 7) is 10.4. The lowest BCUT2D eigenvalue weighted by molar-refractivity contribution is 0.246. The Bertz CT molecular complexity index is 580. The Morgan fingerprint density at radius 3 is 2.52 bits per heavy atom. The fraction of sp³-hybridized carbons (Fsp3) is 0.562. The van der Waals surface area contributed by atoms with Gasteiger partial charge in [-0.3, -0.25) is 4.90 Å². The van der Waals surface area contributed by atoms with E-state index in [9.17, 15) is 0 Å². The average Bonchev–Trinajstić information content (AvgIpc) is 3.00. The maximum absolute atomic E-state index is 6.04. The first-order valence-corrected chi connectivity index (χ1v) is 8.92. The maximum atomic E-state index is 6.04. The molecule has 0 saturated heterocycles. The zero-order valence-corrected chi connectivity index (χ0v) is 15.1. The standard InChI is InChI=1S/C16H25N3S2/c1-11-14(20-10-18-11)9-19(5)12(8-17)13-6-7-15(21-13)16(2,3)4/h6-7,10,12H,8-9,17H2,1-5H3. The Labute approximate surface area is 135 Å². The first kappa shape index (κ1) is 16.6. The fourth-order valence-electron chi connectivity index (χ4n) is 2.26. The number of nitrogens with zero attached hydrogens (tertiary/aromatic N) is 2. The Hall–Kier alpha value is -0.750. The molecular weight excluding hydrogens is 298 g/mol. The van der Waals surface area contributed by atoms with Gasteiger partial charge >= 0.3 is 0 Å². The van der Waals surface area contributed by atoms with Crippen molar-refractivity contribution in [3.63, 3.8) is 0 Å². The smallest absolute Gasteiger partial charge is 0.0798 e. The van der Waals surface area contributed by atoms with Crippen LogP contribution in [0.4, 0.5) is 0 Å². The lowest BCUT2D eigenvalue weighted by Gasteiger charge is -2.26. The van der Waals surface area contributed by atoms with Gasteiger partial charge in [0.15, 0.2) is 0 Å². The zero-order chi connectivity index (χ0) is 15.6. The number of likely N-dealkylation sites (N-methyl/N-ethyl adjacent to an activating group) is 1. The van der Waals surface area contributed by atoms with Crippen molar-refractivity contribution in [2.24, 2.45) is 5.73 Å². The van der Waals surface area contributed by atoms with Crippen LogP contribution in [0, 0.1) is 6.92 Å². The van der Waals surface area contributed by atoms with Crippen LogP contribution in [0.5, 0.6) is 0 Å². The highest BCUT2D eigenvalue weighted by Crippen LogP contribution is 2.34. The molecule has 0 amide bonds. The van der Waals surface area contributed by atoms with Gasteiger partial charge in [0.05, 0.1) is 17.2 Å². The van der Waals surface area contributed by atoms with Crippen molar-refractivity contribution >= 4 is 22.7 Å². The van der Waals surface area contributed by atoms with Gasteiger partial charge in [-0.05, 0) is 31.5 Å². The first-order chi connectivity index (χ1) is 9.82. The molecule has 0 aliphatic rings. The molecule has 0 saturated carbocycles. The van der Waals surface area contributed by atoms with Crippen LogP contribution in [0.2, 0.25) is 0 Å². The number of nitrogens with two attached hydrogens (primary N) is 1. The Morgan fingerprint density at radius 1 is 1.33 bits per heavy atom. The third-order valence-corrected chi connectivity index (χ3v) is 6.22. The van der Waals surface area contributed by atoms with E-state index in [4.69, 9.17) is 5.73 Å². The second-order valence-electron chi connectivity index (χ2n) is 6.48. The summed E-state index contributed by atoms with van der Waals surface area (Å²) in [6.07, 6.45) is 0. The molecule has 116 valence electrons. The van der Waals surface area contributed by atoms with Gasteiger partial charge in [-0.1, -0.05) is 20.8 Å². The van der Waals surface area contributed by atoms with Crippen LogP contribution in [-0.2, 0) is 12.0 Å². The van der Waals surface area contributed by atoms with Crippen LogP contribution in [0.15, 0.2) is 17.6 Å². The van der Waals surface area contributed by atoms with E-state index < -0.39 is 0 Å². The van der Waals surface area contributed by atoms with Crippen molar-refractivity contribution in [2.75, 3.05) is 13.6 Å².